The van der Waals surface area contributed by atoms with Crippen molar-refractivity contribution >= 4 is 0 Å². The lowest BCUT2D eigenvalue weighted by Crippen LogP contribution is -2.68. The van der Waals surface area contributed by atoms with E-state index >= 15 is 0 Å². The number of aliphatic hydroxyl groups excluding tert-OH is 14. The molecule has 0 aromatic carbocycles. The summed E-state index contributed by atoms with van der Waals surface area (Å²) >= 11 is 0. The molecule has 0 unspecified atom stereocenters. The quantitative estimate of drug-likeness (QED) is 0.0651. The molecule has 0 aromatic heterocycles. The summed E-state index contributed by atoms with van der Waals surface area (Å²) in [7, 11) is 0. The first-order valence-corrected chi connectivity index (χ1v) is 27.3. The Bertz CT molecular complexity index is 1940. The van der Waals surface area contributed by atoms with Gasteiger partial charge < -0.3 is 109 Å². The predicted octanol–water partition coefficient (Wildman–Crippen LogP) is -1.56. The summed E-state index contributed by atoms with van der Waals surface area (Å²) in [4.78, 5) is 0. The highest BCUT2D eigenvalue weighted by Gasteiger charge is 2.72. The van der Waals surface area contributed by atoms with Crippen LogP contribution in [0.15, 0.2) is 11.6 Å². The zero-order chi connectivity index (χ0) is 55.1. The Morgan fingerprint density at radius 3 is 1.80 bits per heavy atom. The van der Waals surface area contributed by atoms with Crippen LogP contribution in [0.4, 0.5) is 0 Å². The maximum atomic E-state index is 12.8. The van der Waals surface area contributed by atoms with Gasteiger partial charge in [0.25, 0.3) is 0 Å². The first-order chi connectivity index (χ1) is 35.1. The third-order valence-electron chi connectivity index (χ3n) is 20.5. The van der Waals surface area contributed by atoms with Crippen molar-refractivity contribution in [2.75, 3.05) is 26.4 Å². The lowest BCUT2D eigenvalue weighted by molar-refractivity contribution is -0.378. The molecule has 22 heteroatoms. The first-order valence-electron chi connectivity index (χ1n) is 27.3. The molecule has 0 spiro atoms. The van der Waals surface area contributed by atoms with Gasteiger partial charge in [0.2, 0.25) is 0 Å². The minimum absolute atomic E-state index is 0.0508. The number of fused-ring (bicyclic) bond motifs is 5. The van der Waals surface area contributed by atoms with E-state index in [1.807, 2.05) is 20.8 Å². The van der Waals surface area contributed by atoms with Crippen LogP contribution in [0.3, 0.4) is 0 Å². The Labute approximate surface area is 439 Å². The molecule has 8 fully saturated rings. The van der Waals surface area contributed by atoms with Crippen LogP contribution in [0.5, 0.6) is 0 Å². The lowest BCUT2D eigenvalue weighted by Gasteiger charge is -2.71. The Morgan fingerprint density at radius 1 is 0.587 bits per heavy atom. The molecule has 0 bridgehead atoms. The molecule has 8 rings (SSSR count). The molecule has 14 N–H and O–H groups in total. The third kappa shape index (κ3) is 10.6. The molecular weight excluding hydrogens is 989 g/mol. The van der Waals surface area contributed by atoms with Gasteiger partial charge >= 0.3 is 0 Å². The second-order valence-electron chi connectivity index (χ2n) is 25.3. The van der Waals surface area contributed by atoms with Gasteiger partial charge in [-0.1, -0.05) is 46.3 Å². The highest BCUT2D eigenvalue weighted by molar-refractivity contribution is 5.20. The number of aliphatic hydroxyl groups is 14. The van der Waals surface area contributed by atoms with Gasteiger partial charge in [-0.15, -0.1) is 0 Å². The van der Waals surface area contributed by atoms with Crippen LogP contribution < -0.4 is 0 Å². The van der Waals surface area contributed by atoms with Crippen LogP contribution in [0.2, 0.25) is 0 Å². The fraction of sp³-hybridized carbons (Fsp3) is 0.962. The van der Waals surface area contributed by atoms with Crippen molar-refractivity contribution in [3.8, 4) is 0 Å². The molecule has 4 aliphatic heterocycles. The van der Waals surface area contributed by atoms with E-state index in [4.69, 9.17) is 37.9 Å². The smallest absolute Gasteiger partial charge is 0.187 e. The monoisotopic (exact) mass is 1080 g/mol. The molecule has 4 saturated heterocycles. The molecule has 75 heavy (non-hydrogen) atoms. The SMILES string of the molecule is CC(C)=CCC[C@](C)(O[C@@H]1O[C@H](CO[C@H]2OC[C@H](O)[C@H](O)[C@H]2O)[C@@H](O)[C@H](O)[C@H]1O)[C@H]1CC[C@]2(C)[C@@H]1[C@H](O)C[C@@H]1[C@@]3(C)CC[C@H](O[C@@H]4O[C@H](CO)[C@@H](O)[C@H](O)[C@H]4O[C@@H]4O[C@H](CO)[C@@H](O)[C@H](O)[C@H]4O)C(C)(C)[C@@H]3CC[C@]12C. The van der Waals surface area contributed by atoms with Crippen molar-refractivity contribution in [2.45, 2.75) is 248 Å². The Kier molecular flexibility index (Phi) is 18.1. The zero-order valence-corrected chi connectivity index (χ0v) is 44.7. The van der Waals surface area contributed by atoms with Crippen molar-refractivity contribution in [2.24, 2.45) is 45.3 Å². The molecule has 4 heterocycles. The Hall–Kier alpha value is -1.14. The van der Waals surface area contributed by atoms with Crippen molar-refractivity contribution in [3.63, 3.8) is 0 Å². The number of hydrogen-bond donors (Lipinski definition) is 14. The molecule has 8 aliphatic rings. The molecule has 0 radical (unpaired) electrons. The summed E-state index contributed by atoms with van der Waals surface area (Å²) in [6.07, 6.45) is -22.6. The van der Waals surface area contributed by atoms with Crippen LogP contribution >= 0.6 is 0 Å². The van der Waals surface area contributed by atoms with Gasteiger partial charge in [0.05, 0.1) is 44.2 Å². The van der Waals surface area contributed by atoms with E-state index in [0.29, 0.717) is 38.5 Å². The van der Waals surface area contributed by atoms with Crippen LogP contribution in [0, 0.1) is 45.3 Å². The molecule has 29 atom stereocenters. The minimum Gasteiger partial charge on any atom is -0.394 e. The first kappa shape index (κ1) is 60.0. The van der Waals surface area contributed by atoms with Gasteiger partial charge in [0.1, 0.15) is 91.6 Å². The maximum absolute atomic E-state index is 12.8. The van der Waals surface area contributed by atoms with Gasteiger partial charge in [0, 0.05) is 0 Å². The van der Waals surface area contributed by atoms with E-state index < -0.39 is 165 Å². The maximum Gasteiger partial charge on any atom is 0.187 e. The summed E-state index contributed by atoms with van der Waals surface area (Å²) < 4.78 is 48.8. The van der Waals surface area contributed by atoms with Crippen molar-refractivity contribution in [3.05, 3.63) is 11.6 Å². The van der Waals surface area contributed by atoms with Gasteiger partial charge in [-0.05, 0) is 124 Å². The zero-order valence-electron chi connectivity index (χ0n) is 44.7. The highest BCUT2D eigenvalue weighted by Crippen LogP contribution is 2.76. The fourth-order valence-electron chi connectivity index (χ4n) is 16.0. The minimum atomic E-state index is -1.81. The topological polar surface area (TPSA) is 357 Å². The number of rotatable bonds is 15. The van der Waals surface area contributed by atoms with E-state index in [0.717, 1.165) is 24.8 Å². The molecule has 4 saturated carbocycles. The second kappa shape index (κ2) is 22.7. The predicted molar refractivity (Wildman–Crippen MR) is 260 cm³/mol. The summed E-state index contributed by atoms with van der Waals surface area (Å²) in [5.74, 6) is -0.395. The van der Waals surface area contributed by atoms with Crippen LogP contribution in [-0.2, 0) is 37.9 Å². The van der Waals surface area contributed by atoms with Crippen molar-refractivity contribution in [1.29, 1.82) is 0 Å². The van der Waals surface area contributed by atoms with Gasteiger partial charge in [-0.2, -0.15) is 0 Å². The summed E-state index contributed by atoms with van der Waals surface area (Å²) in [5, 5.41) is 151. The molecule has 0 amide bonds. The van der Waals surface area contributed by atoms with Gasteiger partial charge in [-0.3, -0.25) is 0 Å². The summed E-state index contributed by atoms with van der Waals surface area (Å²) in [6.45, 7) is 15.1. The third-order valence-corrected chi connectivity index (χ3v) is 20.5. The fourth-order valence-corrected chi connectivity index (χ4v) is 16.0. The lowest BCUT2D eigenvalue weighted by atomic mass is 9.35. The molecule has 434 valence electrons. The number of ether oxygens (including phenoxy) is 8. The second-order valence-corrected chi connectivity index (χ2v) is 25.3. The van der Waals surface area contributed by atoms with Crippen LogP contribution in [0.25, 0.3) is 0 Å². The molecule has 22 nitrogen and oxygen atoms in total. The average Bonchev–Trinajstić information content (AvgIpc) is 3.75. The largest absolute Gasteiger partial charge is 0.394 e. The Morgan fingerprint density at radius 2 is 1.16 bits per heavy atom. The van der Waals surface area contributed by atoms with E-state index in [-0.39, 0.29) is 41.1 Å². The van der Waals surface area contributed by atoms with E-state index in [1.54, 1.807) is 0 Å². The summed E-state index contributed by atoms with van der Waals surface area (Å²) in [5.41, 5.74) is -1.48. The van der Waals surface area contributed by atoms with E-state index in [9.17, 15) is 71.5 Å². The molecule has 4 aliphatic carbocycles. The molecule has 0 aromatic rings. The van der Waals surface area contributed by atoms with Crippen LogP contribution in [0.1, 0.15) is 113 Å². The van der Waals surface area contributed by atoms with Gasteiger partial charge in [-0.25, -0.2) is 0 Å². The highest BCUT2D eigenvalue weighted by atomic mass is 16.8. The average molecular weight is 1080 g/mol. The van der Waals surface area contributed by atoms with E-state index in [2.05, 4.69) is 40.7 Å². The normalized spacial score (nSPS) is 52.7. The van der Waals surface area contributed by atoms with E-state index in [1.165, 1.54) is 0 Å². The van der Waals surface area contributed by atoms with Crippen LogP contribution in [-0.4, -0.2) is 232 Å². The summed E-state index contributed by atoms with van der Waals surface area (Å²) in [6, 6.07) is 0. The standard InChI is InChI=1S/C53H90O22/c1-23(2)10-9-14-53(8,75-47-43(67)39(63)37(61)29(72-47)22-69-45-41(65)34(58)26(57)21-68-45)24-11-16-52(7)33(24)25(56)18-31-50(5)15-13-32(49(3,4)30(50)12-17-51(31,52)6)73-48-44(40(64)36(60)28(20-55)71-48)74-46-42(66)38(62)35(59)27(19-54)70-46/h10,24-48,54-67H,9,11-22H2,1-8H3/t24-,25+,26-,27+,28+,29+,30-,31+,32-,33-,34-,35+,36+,37+,38-,39-,40-,41+,42+,43+,44+,45+,46-,47-,48-,50-,51+,52+,53-/m0/s1. The number of hydrogen-bond acceptors (Lipinski definition) is 22. The van der Waals surface area contributed by atoms with Crippen molar-refractivity contribution in [1.82, 2.24) is 0 Å². The van der Waals surface area contributed by atoms with Gasteiger partial charge in [0.15, 0.2) is 25.2 Å². The molecular formula is C53H90O22. The Balaban J connectivity index is 1.01. The van der Waals surface area contributed by atoms with Crippen molar-refractivity contribution < 1.29 is 109 Å². The number of allylic oxidation sites excluding steroid dienone is 2.